The van der Waals surface area contributed by atoms with Crippen molar-refractivity contribution in [3.05, 3.63) is 59.7 Å². The third-order valence-corrected chi connectivity index (χ3v) is 3.15. The lowest BCUT2D eigenvalue weighted by Crippen LogP contribution is -1.85. The molecule has 0 radical (unpaired) electrons. The van der Waals surface area contributed by atoms with Crippen LogP contribution >= 0.6 is 0 Å². The van der Waals surface area contributed by atoms with E-state index in [9.17, 15) is 0 Å². The van der Waals surface area contributed by atoms with Crippen LogP contribution in [0.1, 0.15) is 11.1 Å². The normalized spacial score (nSPS) is 10.1. The van der Waals surface area contributed by atoms with Gasteiger partial charge in [-0.15, -0.1) is 12.8 Å². The summed E-state index contributed by atoms with van der Waals surface area (Å²) in [6, 6.07) is 16.5. The van der Waals surface area contributed by atoms with Crippen molar-refractivity contribution in [1.82, 2.24) is 0 Å². The van der Waals surface area contributed by atoms with Gasteiger partial charge in [-0.2, -0.15) is 0 Å². The zero-order valence-corrected chi connectivity index (χ0v) is 9.77. The van der Waals surface area contributed by atoms with Gasteiger partial charge in [-0.25, -0.2) is 0 Å². The van der Waals surface area contributed by atoms with Crippen LogP contribution in [0.4, 0.5) is 0 Å². The maximum atomic E-state index is 5.48. The average Bonchev–Trinajstić information content (AvgIpc) is 2.43. The molecule has 0 aliphatic carbocycles. The van der Waals surface area contributed by atoms with Crippen LogP contribution < -0.4 is 0 Å². The highest BCUT2D eigenvalue weighted by Gasteiger charge is 2.03. The van der Waals surface area contributed by atoms with Crippen LogP contribution in [-0.2, 0) is 0 Å². The zero-order valence-electron chi connectivity index (χ0n) is 9.77. The predicted molar refractivity (Wildman–Crippen MR) is 77.3 cm³/mol. The first-order valence-electron chi connectivity index (χ1n) is 5.71. The second-order valence-corrected chi connectivity index (χ2v) is 4.23. The lowest BCUT2D eigenvalue weighted by atomic mass is 9.98. The molecule has 0 fully saturated rings. The molecule has 82 valence electrons. The molecule has 0 heterocycles. The molecule has 0 nitrogen and oxygen atoms in total. The molecule has 0 aromatic heterocycles. The molecule has 0 amide bonds. The summed E-state index contributed by atoms with van der Waals surface area (Å²) in [5.41, 5.74) is 1.56. The Morgan fingerprint density at radius 3 is 1.44 bits per heavy atom. The van der Waals surface area contributed by atoms with Gasteiger partial charge in [0, 0.05) is 11.1 Å². The number of terminal acetylenes is 2. The molecule has 0 atom stereocenters. The first-order chi connectivity index (χ1) is 8.81. The second kappa shape index (κ2) is 3.95. The third-order valence-electron chi connectivity index (χ3n) is 3.15. The van der Waals surface area contributed by atoms with Gasteiger partial charge in [0.1, 0.15) is 0 Å². The first kappa shape index (κ1) is 10.5. The quantitative estimate of drug-likeness (QED) is 0.402. The van der Waals surface area contributed by atoms with Crippen LogP contribution in [-0.4, -0.2) is 0 Å². The van der Waals surface area contributed by atoms with Crippen LogP contribution in [0.5, 0.6) is 0 Å². The molecule has 0 aliphatic heterocycles. The van der Waals surface area contributed by atoms with Crippen LogP contribution in [0, 0.1) is 24.7 Å². The summed E-state index contributed by atoms with van der Waals surface area (Å²) in [4.78, 5) is 0. The number of rotatable bonds is 0. The van der Waals surface area contributed by atoms with Gasteiger partial charge >= 0.3 is 0 Å². The van der Waals surface area contributed by atoms with E-state index in [4.69, 9.17) is 12.8 Å². The van der Waals surface area contributed by atoms with Crippen molar-refractivity contribution in [1.29, 1.82) is 0 Å². The summed E-state index contributed by atoms with van der Waals surface area (Å²) in [6.45, 7) is 0. The zero-order chi connectivity index (χ0) is 12.5. The van der Waals surface area contributed by atoms with E-state index in [1.807, 2.05) is 24.3 Å². The van der Waals surface area contributed by atoms with E-state index < -0.39 is 0 Å². The molecule has 0 N–H and O–H groups in total. The molecule has 3 aromatic carbocycles. The Morgan fingerprint density at radius 1 is 0.611 bits per heavy atom. The molecule has 18 heavy (non-hydrogen) atoms. The van der Waals surface area contributed by atoms with Gasteiger partial charge in [0.25, 0.3) is 0 Å². The lowest BCUT2D eigenvalue weighted by molar-refractivity contribution is 1.65. The van der Waals surface area contributed by atoms with E-state index in [1.165, 1.54) is 10.8 Å². The van der Waals surface area contributed by atoms with Gasteiger partial charge in [0.05, 0.1) is 0 Å². The topological polar surface area (TPSA) is 0 Å². The van der Waals surface area contributed by atoms with Gasteiger partial charge in [-0.05, 0) is 45.8 Å². The molecule has 0 unspecified atom stereocenters. The maximum Gasteiger partial charge on any atom is 0.0405 e. The van der Waals surface area contributed by atoms with Crippen LogP contribution in [0.15, 0.2) is 48.5 Å². The van der Waals surface area contributed by atoms with Gasteiger partial charge in [-0.1, -0.05) is 36.1 Å². The van der Waals surface area contributed by atoms with Crippen LogP contribution in [0.3, 0.4) is 0 Å². The van der Waals surface area contributed by atoms with Crippen LogP contribution in [0.2, 0.25) is 0 Å². The number of benzene rings is 3. The highest BCUT2D eigenvalue weighted by atomic mass is 14.1. The Kier molecular flexibility index (Phi) is 2.30. The van der Waals surface area contributed by atoms with E-state index >= 15 is 0 Å². The minimum atomic E-state index is 0.778. The molecule has 0 aliphatic rings. The molecule has 0 saturated carbocycles. The standard InChI is InChI=1S/C18H10/c1-3-13-9-17-11-15-7-5-6-8-16(15)12-18(17)10-14(13)4-2/h1-2,5-12H. The number of fused-ring (bicyclic) bond motifs is 2. The van der Waals surface area contributed by atoms with Crippen molar-refractivity contribution >= 4 is 21.5 Å². The summed E-state index contributed by atoms with van der Waals surface area (Å²) in [6.07, 6.45) is 11.0. The summed E-state index contributed by atoms with van der Waals surface area (Å²) >= 11 is 0. The molecule has 3 rings (SSSR count). The third kappa shape index (κ3) is 1.53. The van der Waals surface area contributed by atoms with E-state index in [-0.39, 0.29) is 0 Å². The summed E-state index contributed by atoms with van der Waals surface area (Å²) < 4.78 is 0. The monoisotopic (exact) mass is 226 g/mol. The lowest BCUT2D eigenvalue weighted by Gasteiger charge is -2.05. The highest BCUT2D eigenvalue weighted by Crippen LogP contribution is 2.25. The Morgan fingerprint density at radius 2 is 1.06 bits per heavy atom. The van der Waals surface area contributed by atoms with Crippen molar-refractivity contribution in [2.45, 2.75) is 0 Å². The van der Waals surface area contributed by atoms with Crippen molar-refractivity contribution < 1.29 is 0 Å². The van der Waals surface area contributed by atoms with Crippen molar-refractivity contribution in [2.75, 3.05) is 0 Å². The molecule has 0 bridgehead atoms. The van der Waals surface area contributed by atoms with Gasteiger partial charge in [0.2, 0.25) is 0 Å². The molecule has 0 spiro atoms. The summed E-state index contributed by atoms with van der Waals surface area (Å²) in [5, 5.41) is 4.67. The van der Waals surface area contributed by atoms with Crippen molar-refractivity contribution in [2.24, 2.45) is 0 Å². The Labute approximate surface area is 106 Å². The molecule has 0 heteroatoms. The van der Waals surface area contributed by atoms with Crippen LogP contribution in [0.25, 0.3) is 21.5 Å². The fourth-order valence-electron chi connectivity index (χ4n) is 2.23. The minimum Gasteiger partial charge on any atom is -0.115 e. The predicted octanol–water partition coefficient (Wildman–Crippen LogP) is 3.96. The number of hydrogen-bond acceptors (Lipinski definition) is 0. The van der Waals surface area contributed by atoms with E-state index in [1.54, 1.807) is 0 Å². The summed E-state index contributed by atoms with van der Waals surface area (Å²) in [5.74, 6) is 5.29. The average molecular weight is 226 g/mol. The Balaban J connectivity index is 2.45. The number of hydrogen-bond donors (Lipinski definition) is 0. The fraction of sp³-hybridized carbons (Fsp3) is 0. The van der Waals surface area contributed by atoms with Gasteiger partial charge in [-0.3, -0.25) is 0 Å². The smallest absolute Gasteiger partial charge is 0.0405 e. The SMILES string of the molecule is C#Cc1cc2cc3ccccc3cc2cc1C#C. The van der Waals surface area contributed by atoms with Crippen molar-refractivity contribution in [3.8, 4) is 24.7 Å². The Bertz CT molecular complexity index is 767. The van der Waals surface area contributed by atoms with E-state index in [2.05, 4.69) is 36.1 Å². The maximum absolute atomic E-state index is 5.48. The largest absolute Gasteiger partial charge is 0.115 e. The highest BCUT2D eigenvalue weighted by molar-refractivity contribution is 5.99. The second-order valence-electron chi connectivity index (χ2n) is 4.23. The Hall–Kier alpha value is -2.70. The molecule has 0 saturated heterocycles. The van der Waals surface area contributed by atoms with E-state index in [0.29, 0.717) is 0 Å². The summed E-state index contributed by atoms with van der Waals surface area (Å²) in [7, 11) is 0. The first-order valence-corrected chi connectivity index (χ1v) is 5.71. The van der Waals surface area contributed by atoms with Crippen molar-refractivity contribution in [3.63, 3.8) is 0 Å². The fourth-order valence-corrected chi connectivity index (χ4v) is 2.23. The molecular weight excluding hydrogens is 216 g/mol. The van der Waals surface area contributed by atoms with Gasteiger partial charge in [0.15, 0.2) is 0 Å². The van der Waals surface area contributed by atoms with Gasteiger partial charge < -0.3 is 0 Å². The molecule has 3 aromatic rings. The minimum absolute atomic E-state index is 0.778. The van der Waals surface area contributed by atoms with E-state index in [0.717, 1.165) is 21.9 Å². The molecular formula is C18H10.